The molecule has 2 N–H and O–H groups in total. The molecular formula is C8H9ClFNO2. The second kappa shape index (κ2) is 4.67. The van der Waals surface area contributed by atoms with Crippen LogP contribution in [0.3, 0.4) is 0 Å². The summed E-state index contributed by atoms with van der Waals surface area (Å²) in [4.78, 5) is 10.9. The first-order valence-corrected chi connectivity index (χ1v) is 3.28. The summed E-state index contributed by atoms with van der Waals surface area (Å²) in [6.45, 7) is 0. The van der Waals surface area contributed by atoms with Crippen molar-refractivity contribution in [3.05, 3.63) is 29.6 Å². The average molecular weight is 206 g/mol. The molecule has 0 heterocycles. The Balaban J connectivity index is 0.00000144. The van der Waals surface area contributed by atoms with Gasteiger partial charge in [-0.3, -0.25) is 0 Å². The third kappa shape index (κ3) is 2.91. The first-order valence-electron chi connectivity index (χ1n) is 3.28. The van der Waals surface area contributed by atoms with Gasteiger partial charge in [0.15, 0.2) is 0 Å². The van der Waals surface area contributed by atoms with Crippen LogP contribution in [-0.4, -0.2) is 13.1 Å². The third-order valence-electron chi connectivity index (χ3n) is 1.34. The quantitative estimate of drug-likeness (QED) is 0.560. The molecule has 0 amide bonds. The van der Waals surface area contributed by atoms with Crippen LogP contribution in [0.4, 0.5) is 10.1 Å². The Morgan fingerprint density at radius 3 is 2.54 bits per heavy atom. The number of esters is 1. The van der Waals surface area contributed by atoms with Gasteiger partial charge in [0.25, 0.3) is 0 Å². The lowest BCUT2D eigenvalue weighted by molar-refractivity contribution is 0.0600. The number of carbonyl (C=O) groups excluding carboxylic acids is 1. The van der Waals surface area contributed by atoms with Crippen LogP contribution >= 0.6 is 12.4 Å². The van der Waals surface area contributed by atoms with Gasteiger partial charge in [-0.15, -0.1) is 12.4 Å². The molecule has 1 aromatic carbocycles. The SMILES string of the molecule is COC(=O)c1cc(N)cc(F)c1.Cl. The minimum Gasteiger partial charge on any atom is -0.465 e. The first kappa shape index (κ1) is 11.7. The van der Waals surface area contributed by atoms with Crippen molar-refractivity contribution in [2.75, 3.05) is 12.8 Å². The highest BCUT2D eigenvalue weighted by Gasteiger charge is 2.06. The molecule has 0 unspecified atom stereocenters. The maximum atomic E-state index is 12.6. The van der Waals surface area contributed by atoms with E-state index in [1.807, 2.05) is 0 Å². The van der Waals surface area contributed by atoms with E-state index in [0.717, 1.165) is 12.1 Å². The van der Waals surface area contributed by atoms with Gasteiger partial charge in [0.2, 0.25) is 0 Å². The van der Waals surface area contributed by atoms with E-state index >= 15 is 0 Å². The molecule has 1 aromatic rings. The normalized spacial score (nSPS) is 8.77. The number of hydrogen-bond donors (Lipinski definition) is 1. The zero-order chi connectivity index (χ0) is 9.14. The highest BCUT2D eigenvalue weighted by Crippen LogP contribution is 2.11. The van der Waals surface area contributed by atoms with E-state index < -0.39 is 11.8 Å². The number of methoxy groups -OCH3 is 1. The fourth-order valence-electron chi connectivity index (χ4n) is 0.848. The Labute approximate surface area is 81.1 Å². The summed E-state index contributed by atoms with van der Waals surface area (Å²) in [6.07, 6.45) is 0. The monoisotopic (exact) mass is 205 g/mol. The third-order valence-corrected chi connectivity index (χ3v) is 1.34. The molecule has 0 saturated heterocycles. The van der Waals surface area contributed by atoms with E-state index in [0.29, 0.717) is 0 Å². The minimum absolute atomic E-state index is 0. The van der Waals surface area contributed by atoms with Crippen LogP contribution in [0, 0.1) is 5.82 Å². The molecule has 0 fully saturated rings. The summed E-state index contributed by atoms with van der Waals surface area (Å²) < 4.78 is 17.0. The van der Waals surface area contributed by atoms with Crippen LogP contribution in [0.2, 0.25) is 0 Å². The predicted octanol–water partition coefficient (Wildman–Crippen LogP) is 1.62. The highest BCUT2D eigenvalue weighted by molar-refractivity contribution is 5.90. The number of nitrogens with two attached hydrogens (primary N) is 1. The zero-order valence-electron chi connectivity index (χ0n) is 6.91. The molecular weight excluding hydrogens is 197 g/mol. The highest BCUT2D eigenvalue weighted by atomic mass is 35.5. The summed E-state index contributed by atoms with van der Waals surface area (Å²) in [5, 5.41) is 0. The molecule has 0 bridgehead atoms. The van der Waals surface area contributed by atoms with Crippen LogP contribution in [0.1, 0.15) is 10.4 Å². The molecule has 0 saturated carbocycles. The van der Waals surface area contributed by atoms with E-state index in [2.05, 4.69) is 4.74 Å². The number of anilines is 1. The van der Waals surface area contributed by atoms with Crippen LogP contribution < -0.4 is 5.73 Å². The van der Waals surface area contributed by atoms with Crippen molar-refractivity contribution in [2.45, 2.75) is 0 Å². The van der Waals surface area contributed by atoms with E-state index in [1.165, 1.54) is 13.2 Å². The second-order valence-electron chi connectivity index (χ2n) is 2.26. The van der Waals surface area contributed by atoms with Crippen molar-refractivity contribution >= 4 is 24.1 Å². The number of halogens is 2. The molecule has 0 aliphatic rings. The van der Waals surface area contributed by atoms with Gasteiger partial charge in [-0.05, 0) is 18.2 Å². The van der Waals surface area contributed by atoms with E-state index in [9.17, 15) is 9.18 Å². The van der Waals surface area contributed by atoms with Gasteiger partial charge in [0.05, 0.1) is 12.7 Å². The van der Waals surface area contributed by atoms with Gasteiger partial charge < -0.3 is 10.5 Å². The fraction of sp³-hybridized carbons (Fsp3) is 0.125. The number of carbonyl (C=O) groups is 1. The molecule has 0 spiro atoms. The molecule has 0 aliphatic heterocycles. The van der Waals surface area contributed by atoms with Gasteiger partial charge in [0, 0.05) is 5.69 Å². The molecule has 72 valence electrons. The maximum Gasteiger partial charge on any atom is 0.338 e. The number of ether oxygens (including phenoxy) is 1. The van der Waals surface area contributed by atoms with Crippen molar-refractivity contribution in [1.82, 2.24) is 0 Å². The minimum atomic E-state index is -0.596. The van der Waals surface area contributed by atoms with Crippen molar-refractivity contribution < 1.29 is 13.9 Å². The van der Waals surface area contributed by atoms with Crippen LogP contribution in [0.5, 0.6) is 0 Å². The Kier molecular flexibility index (Phi) is 4.20. The van der Waals surface area contributed by atoms with Gasteiger partial charge in [-0.1, -0.05) is 0 Å². The summed E-state index contributed by atoms with van der Waals surface area (Å²) in [6, 6.07) is 3.56. The predicted molar refractivity (Wildman–Crippen MR) is 49.4 cm³/mol. The summed E-state index contributed by atoms with van der Waals surface area (Å²) >= 11 is 0. The first-order chi connectivity index (χ1) is 5.63. The van der Waals surface area contributed by atoms with E-state index in [-0.39, 0.29) is 23.7 Å². The van der Waals surface area contributed by atoms with Crippen LogP contribution in [-0.2, 0) is 4.74 Å². The summed E-state index contributed by atoms with van der Waals surface area (Å²) in [7, 11) is 1.23. The number of nitrogen functional groups attached to an aromatic ring is 1. The van der Waals surface area contributed by atoms with Gasteiger partial charge >= 0.3 is 5.97 Å². The summed E-state index contributed by atoms with van der Waals surface area (Å²) in [5.41, 5.74) is 5.63. The Bertz CT molecular complexity index is 297. The van der Waals surface area contributed by atoms with E-state index in [1.54, 1.807) is 0 Å². The van der Waals surface area contributed by atoms with Crippen molar-refractivity contribution in [1.29, 1.82) is 0 Å². The van der Waals surface area contributed by atoms with Crippen LogP contribution in [0.15, 0.2) is 18.2 Å². The maximum absolute atomic E-state index is 12.6. The zero-order valence-corrected chi connectivity index (χ0v) is 7.73. The molecule has 0 aliphatic carbocycles. The Hall–Kier alpha value is -1.29. The van der Waals surface area contributed by atoms with Gasteiger partial charge in [-0.25, -0.2) is 9.18 Å². The molecule has 13 heavy (non-hydrogen) atoms. The average Bonchev–Trinajstić information content (AvgIpc) is 2.01. The molecule has 5 heteroatoms. The standard InChI is InChI=1S/C8H8FNO2.ClH/c1-12-8(11)5-2-6(9)4-7(10)3-5;/h2-4H,10H2,1H3;1H. The lowest BCUT2D eigenvalue weighted by atomic mass is 10.2. The van der Waals surface area contributed by atoms with Crippen molar-refractivity contribution in [3.63, 3.8) is 0 Å². The molecule has 3 nitrogen and oxygen atoms in total. The Morgan fingerprint density at radius 1 is 1.46 bits per heavy atom. The van der Waals surface area contributed by atoms with Crippen LogP contribution in [0.25, 0.3) is 0 Å². The lowest BCUT2D eigenvalue weighted by Gasteiger charge is -2.00. The molecule has 0 radical (unpaired) electrons. The fourth-order valence-corrected chi connectivity index (χ4v) is 0.848. The van der Waals surface area contributed by atoms with Crippen molar-refractivity contribution in [2.24, 2.45) is 0 Å². The van der Waals surface area contributed by atoms with Gasteiger partial charge in [-0.2, -0.15) is 0 Å². The smallest absolute Gasteiger partial charge is 0.338 e. The molecule has 0 aromatic heterocycles. The Morgan fingerprint density at radius 2 is 2.08 bits per heavy atom. The van der Waals surface area contributed by atoms with Gasteiger partial charge in [0.1, 0.15) is 5.82 Å². The molecule has 1 rings (SSSR count). The van der Waals surface area contributed by atoms with Crippen molar-refractivity contribution in [3.8, 4) is 0 Å². The lowest BCUT2D eigenvalue weighted by Crippen LogP contribution is -2.02. The summed E-state index contributed by atoms with van der Waals surface area (Å²) in [5.74, 6) is -1.14. The largest absolute Gasteiger partial charge is 0.465 e. The number of hydrogen-bond acceptors (Lipinski definition) is 3. The molecule has 0 atom stereocenters. The second-order valence-corrected chi connectivity index (χ2v) is 2.26. The topological polar surface area (TPSA) is 52.3 Å². The van der Waals surface area contributed by atoms with E-state index in [4.69, 9.17) is 5.73 Å². The number of rotatable bonds is 1. The number of benzene rings is 1.